The Morgan fingerprint density at radius 1 is 0.687 bits per heavy atom. The fourth-order valence-electron chi connectivity index (χ4n) is 7.74. The van der Waals surface area contributed by atoms with Crippen LogP contribution in [0.15, 0.2) is 97.1 Å². The predicted octanol–water partition coefficient (Wildman–Crippen LogP) is 9.83. The van der Waals surface area contributed by atoms with Crippen LogP contribution in [-0.4, -0.2) is 85.0 Å². The zero-order valence-corrected chi connectivity index (χ0v) is 40.6. The van der Waals surface area contributed by atoms with Crippen LogP contribution in [0.2, 0.25) is 0 Å². The van der Waals surface area contributed by atoms with Crippen LogP contribution < -0.4 is 20.7 Å². The fraction of sp³-hybridized carbons (Fsp3) is 0.500. The van der Waals surface area contributed by atoms with Gasteiger partial charge in [0.25, 0.3) is 5.91 Å². The number of nitrogens with one attached hydrogen (secondary N) is 3. The largest absolute Gasteiger partial charge is 0.488 e. The molecule has 67 heavy (non-hydrogen) atoms. The van der Waals surface area contributed by atoms with E-state index in [1.807, 2.05) is 101 Å². The first kappa shape index (κ1) is 53.8. The van der Waals surface area contributed by atoms with Crippen molar-refractivity contribution >= 4 is 40.5 Å². The summed E-state index contributed by atoms with van der Waals surface area (Å²) in [5.74, 6) is -1.41. The Bertz CT molecular complexity index is 2110. The van der Waals surface area contributed by atoms with Gasteiger partial charge in [-0.1, -0.05) is 131 Å². The zero-order valence-electron chi connectivity index (χ0n) is 40.6. The number of rotatable bonds is 29. The first-order chi connectivity index (χ1) is 32.3. The van der Waals surface area contributed by atoms with E-state index >= 15 is 4.79 Å². The van der Waals surface area contributed by atoms with Crippen LogP contribution in [0.1, 0.15) is 134 Å². The number of imide groups is 1. The fourth-order valence-corrected chi connectivity index (χ4v) is 7.74. The second-order valence-corrected chi connectivity index (χ2v) is 17.8. The Hall–Kier alpha value is -5.79. The maximum atomic E-state index is 15.1. The zero-order chi connectivity index (χ0) is 48.4. The molecule has 0 spiro atoms. The van der Waals surface area contributed by atoms with Crippen molar-refractivity contribution in [2.75, 3.05) is 26.4 Å². The van der Waals surface area contributed by atoms with Gasteiger partial charge in [0.1, 0.15) is 24.0 Å². The van der Waals surface area contributed by atoms with Crippen LogP contribution in [0, 0.1) is 0 Å². The average Bonchev–Trinajstić information content (AvgIpc) is 3.30. The minimum absolute atomic E-state index is 0.0726. The normalized spacial score (nSPS) is 12.3. The molecule has 3 N–H and O–H groups in total. The average molecular weight is 923 g/mol. The molecule has 0 saturated heterocycles. The molecule has 4 aromatic carbocycles. The van der Waals surface area contributed by atoms with E-state index < -0.39 is 47.8 Å². The van der Waals surface area contributed by atoms with Crippen LogP contribution in [0.5, 0.6) is 5.75 Å². The lowest BCUT2D eigenvalue weighted by atomic mass is 10.0. The van der Waals surface area contributed by atoms with Crippen molar-refractivity contribution in [1.82, 2.24) is 20.9 Å². The van der Waals surface area contributed by atoms with E-state index in [1.54, 1.807) is 35.2 Å². The van der Waals surface area contributed by atoms with Crippen molar-refractivity contribution in [2.24, 2.45) is 0 Å². The highest BCUT2D eigenvalue weighted by Gasteiger charge is 2.31. The number of hydrogen-bond donors (Lipinski definition) is 3. The van der Waals surface area contributed by atoms with E-state index in [2.05, 4.69) is 22.9 Å². The second-order valence-electron chi connectivity index (χ2n) is 17.8. The lowest BCUT2D eigenvalue weighted by Gasteiger charge is -2.31. The quantitative estimate of drug-likeness (QED) is 0.0274. The molecular weight excluding hydrogens is 849 g/mol. The Morgan fingerprint density at radius 3 is 1.97 bits per heavy atom. The van der Waals surface area contributed by atoms with Gasteiger partial charge in [-0.3, -0.25) is 24.5 Å². The summed E-state index contributed by atoms with van der Waals surface area (Å²) in [6.07, 6.45) is 9.03. The molecule has 13 nitrogen and oxygen atoms in total. The lowest BCUT2D eigenvalue weighted by molar-refractivity contribution is -0.161. The van der Waals surface area contributed by atoms with E-state index in [0.29, 0.717) is 25.4 Å². The highest BCUT2D eigenvalue weighted by Crippen LogP contribution is 2.23. The van der Waals surface area contributed by atoms with Crippen LogP contribution >= 0.6 is 0 Å². The van der Waals surface area contributed by atoms with Gasteiger partial charge in [-0.15, -0.1) is 0 Å². The number of carbonyl (C=O) groups is 5. The molecule has 0 bridgehead atoms. The first-order valence-electron chi connectivity index (χ1n) is 24.2. The molecule has 0 aliphatic heterocycles. The Labute approximate surface area is 398 Å². The third kappa shape index (κ3) is 20.3. The number of carbonyl (C=O) groups excluding carboxylic acids is 5. The Morgan fingerprint density at radius 2 is 1.31 bits per heavy atom. The van der Waals surface area contributed by atoms with E-state index in [4.69, 9.17) is 18.9 Å². The van der Waals surface area contributed by atoms with E-state index in [-0.39, 0.29) is 50.4 Å². The van der Waals surface area contributed by atoms with Crippen molar-refractivity contribution in [1.29, 1.82) is 0 Å². The number of fused-ring (bicyclic) bond motifs is 1. The van der Waals surface area contributed by atoms with Gasteiger partial charge in [-0.2, -0.15) is 0 Å². The summed E-state index contributed by atoms with van der Waals surface area (Å²) in [7, 11) is 0. The third-order valence-electron chi connectivity index (χ3n) is 11.0. The number of amides is 5. The smallest absolute Gasteiger partial charge is 0.322 e. The highest BCUT2D eigenvalue weighted by molar-refractivity contribution is 6.04. The van der Waals surface area contributed by atoms with Crippen LogP contribution in [0.4, 0.5) is 4.79 Å². The molecule has 0 unspecified atom stereocenters. The van der Waals surface area contributed by atoms with Gasteiger partial charge < -0.3 is 34.5 Å². The molecule has 2 atom stereocenters. The van der Waals surface area contributed by atoms with Gasteiger partial charge in [0.2, 0.25) is 11.8 Å². The number of unbranched alkanes of at least 4 members (excludes halogenated alkanes) is 8. The molecule has 0 radical (unpaired) electrons. The number of nitrogens with zero attached hydrogens (tertiary/aromatic N) is 1. The number of hydrogen-bond acceptors (Lipinski definition) is 9. The molecule has 0 aliphatic rings. The lowest BCUT2D eigenvalue weighted by Crippen LogP contribution is -2.53. The topological polar surface area (TPSA) is 162 Å². The molecule has 0 fully saturated rings. The summed E-state index contributed by atoms with van der Waals surface area (Å²) in [5, 5.41) is 9.92. The van der Waals surface area contributed by atoms with Gasteiger partial charge in [0.15, 0.2) is 6.29 Å². The number of esters is 1. The van der Waals surface area contributed by atoms with E-state index in [1.165, 1.54) is 32.1 Å². The van der Waals surface area contributed by atoms with Crippen LogP contribution in [-0.2, 0) is 41.6 Å². The van der Waals surface area contributed by atoms with Gasteiger partial charge in [0.05, 0.1) is 19.0 Å². The van der Waals surface area contributed by atoms with Crippen molar-refractivity contribution in [3.63, 3.8) is 0 Å². The number of urea groups is 1. The van der Waals surface area contributed by atoms with E-state index in [9.17, 15) is 19.2 Å². The summed E-state index contributed by atoms with van der Waals surface area (Å²) in [6.45, 7) is 12.4. The van der Waals surface area contributed by atoms with E-state index in [0.717, 1.165) is 41.2 Å². The molecule has 0 heterocycles. The van der Waals surface area contributed by atoms with Crippen LogP contribution in [0.25, 0.3) is 10.8 Å². The molecule has 4 aromatic rings. The third-order valence-corrected chi connectivity index (χ3v) is 11.0. The standard InChI is InChI=1S/C54H74N4O9/c1-7-10-11-12-13-14-15-16-20-30-49(60)66-39-44(55-53(63)57-51(61)42-25-18-17-19-26-42)36-48(59)56-47(35-40-31-33-45(34-32-40)67-54(4,5)6)52(62)58(38-50(64-8-2)65-9-3)37-43-28-23-27-41-24-21-22-29-46(41)43/h17-19,21-29,31-34,44,47,50H,7-16,20,30,35-39H2,1-6H3,(H,56,59)(H2,55,57,61,63)/t44-,47-/m0/s1. The molecule has 0 aliphatic carbocycles. The molecule has 0 saturated carbocycles. The Kier molecular flexibility index (Phi) is 23.4. The molecule has 0 aromatic heterocycles. The molecule has 364 valence electrons. The summed E-state index contributed by atoms with van der Waals surface area (Å²) in [5.41, 5.74) is 1.50. The summed E-state index contributed by atoms with van der Waals surface area (Å²) >= 11 is 0. The second kappa shape index (κ2) is 29.1. The predicted molar refractivity (Wildman–Crippen MR) is 263 cm³/mol. The summed E-state index contributed by atoms with van der Waals surface area (Å²) < 4.78 is 23.6. The van der Waals surface area contributed by atoms with Gasteiger partial charge in [-0.25, -0.2) is 4.79 Å². The monoisotopic (exact) mass is 923 g/mol. The van der Waals surface area contributed by atoms with Gasteiger partial charge in [-0.05, 0) is 87.2 Å². The molecule has 5 amide bonds. The Balaban J connectivity index is 1.58. The first-order valence-corrected chi connectivity index (χ1v) is 24.2. The van der Waals surface area contributed by atoms with Crippen molar-refractivity contribution in [3.05, 3.63) is 114 Å². The summed E-state index contributed by atoms with van der Waals surface area (Å²) in [6, 6.07) is 26.5. The molecular formula is C54H74N4O9. The van der Waals surface area contributed by atoms with Crippen molar-refractivity contribution in [3.8, 4) is 5.75 Å². The number of benzene rings is 4. The summed E-state index contributed by atoms with van der Waals surface area (Å²) in [4.78, 5) is 70.1. The van der Waals surface area contributed by atoms with Crippen molar-refractivity contribution < 1.29 is 42.9 Å². The molecule has 4 rings (SSSR count). The van der Waals surface area contributed by atoms with Gasteiger partial charge >= 0.3 is 12.0 Å². The molecule has 13 heteroatoms. The SMILES string of the molecule is CCCCCCCCCCCC(=O)OC[C@H](CC(=O)N[C@@H](Cc1ccc(OC(C)(C)C)cc1)C(=O)N(Cc1cccc2ccccc12)CC(OCC)OCC)NC(=O)NC(=O)c1ccccc1. The number of ether oxygens (including phenoxy) is 4. The minimum atomic E-state index is -1.09. The minimum Gasteiger partial charge on any atom is -0.488 e. The van der Waals surface area contributed by atoms with Gasteiger partial charge in [0, 0.05) is 38.2 Å². The van der Waals surface area contributed by atoms with Crippen molar-refractivity contribution in [2.45, 2.75) is 149 Å². The highest BCUT2D eigenvalue weighted by atomic mass is 16.7. The maximum Gasteiger partial charge on any atom is 0.322 e. The van der Waals surface area contributed by atoms with Crippen LogP contribution in [0.3, 0.4) is 0 Å². The maximum absolute atomic E-state index is 15.1.